The molecule has 0 saturated carbocycles. The van der Waals surface area contributed by atoms with E-state index >= 15 is 0 Å². The highest BCUT2D eigenvalue weighted by Gasteiger charge is 2.19. The van der Waals surface area contributed by atoms with Crippen LogP contribution in [0.5, 0.6) is 5.88 Å². The summed E-state index contributed by atoms with van der Waals surface area (Å²) in [6.45, 7) is 1.55. The van der Waals surface area contributed by atoms with E-state index in [-0.39, 0.29) is 12.4 Å². The van der Waals surface area contributed by atoms with Crippen LogP contribution in [0.15, 0.2) is 12.1 Å². The van der Waals surface area contributed by atoms with Crippen molar-refractivity contribution in [3.63, 3.8) is 0 Å². The third-order valence-electron chi connectivity index (χ3n) is 3.85. The van der Waals surface area contributed by atoms with Gasteiger partial charge in [-0.05, 0) is 30.9 Å². The Morgan fingerprint density at radius 1 is 1.29 bits per heavy atom. The SMILES string of the molecule is C[N+](C)(C)CCOc1nn2c3c(ccc2c1N)CCC3.[Cl-]. The molecule has 0 saturated heterocycles. The van der Waals surface area contributed by atoms with E-state index in [0.29, 0.717) is 18.2 Å². The molecule has 2 N–H and O–H groups in total. The van der Waals surface area contributed by atoms with Gasteiger partial charge in [0.2, 0.25) is 0 Å². The predicted octanol–water partition coefficient (Wildman–Crippen LogP) is -1.51. The number of likely N-dealkylation sites (N-methyl/N-ethyl adjacent to an activating group) is 1. The van der Waals surface area contributed by atoms with Crippen molar-refractivity contribution in [1.82, 2.24) is 9.61 Å². The van der Waals surface area contributed by atoms with E-state index in [2.05, 4.69) is 38.4 Å². The van der Waals surface area contributed by atoms with Crippen LogP contribution in [0.25, 0.3) is 5.52 Å². The fraction of sp³-hybridized carbons (Fsp3) is 0.533. The molecule has 21 heavy (non-hydrogen) atoms. The van der Waals surface area contributed by atoms with Gasteiger partial charge in [0.15, 0.2) is 0 Å². The lowest BCUT2D eigenvalue weighted by molar-refractivity contribution is -0.870. The van der Waals surface area contributed by atoms with Gasteiger partial charge < -0.3 is 27.4 Å². The number of fused-ring (bicyclic) bond motifs is 3. The zero-order valence-electron chi connectivity index (χ0n) is 12.9. The van der Waals surface area contributed by atoms with E-state index in [9.17, 15) is 0 Å². The van der Waals surface area contributed by atoms with E-state index < -0.39 is 0 Å². The predicted molar refractivity (Wildman–Crippen MR) is 80.0 cm³/mol. The Morgan fingerprint density at radius 3 is 2.76 bits per heavy atom. The highest BCUT2D eigenvalue weighted by atomic mass is 35.5. The van der Waals surface area contributed by atoms with Crippen LogP contribution < -0.4 is 22.9 Å². The molecule has 6 heteroatoms. The summed E-state index contributed by atoms with van der Waals surface area (Å²) in [7, 11) is 6.43. The number of ether oxygens (including phenoxy) is 1. The second kappa shape index (κ2) is 5.73. The van der Waals surface area contributed by atoms with Crippen molar-refractivity contribution in [1.29, 1.82) is 0 Å². The number of pyridine rings is 1. The number of hydrogen-bond donors (Lipinski definition) is 1. The lowest BCUT2D eigenvalue weighted by Crippen LogP contribution is -3.00. The van der Waals surface area contributed by atoms with Gasteiger partial charge in [0.1, 0.15) is 18.8 Å². The van der Waals surface area contributed by atoms with Gasteiger partial charge in [-0.15, -0.1) is 5.10 Å². The summed E-state index contributed by atoms with van der Waals surface area (Å²) in [5.41, 5.74) is 10.5. The quantitative estimate of drug-likeness (QED) is 0.699. The molecule has 0 atom stereocenters. The number of hydrogen-bond acceptors (Lipinski definition) is 3. The Morgan fingerprint density at radius 2 is 2.05 bits per heavy atom. The van der Waals surface area contributed by atoms with Crippen molar-refractivity contribution in [3.05, 3.63) is 23.4 Å². The van der Waals surface area contributed by atoms with Crippen molar-refractivity contribution in [2.24, 2.45) is 0 Å². The maximum atomic E-state index is 6.17. The van der Waals surface area contributed by atoms with Crippen LogP contribution in [0.3, 0.4) is 0 Å². The number of nitrogens with zero attached hydrogens (tertiary/aromatic N) is 3. The number of rotatable bonds is 4. The van der Waals surface area contributed by atoms with Crippen molar-refractivity contribution >= 4 is 11.2 Å². The van der Waals surface area contributed by atoms with E-state index in [1.807, 2.05) is 4.52 Å². The third-order valence-corrected chi connectivity index (χ3v) is 3.85. The van der Waals surface area contributed by atoms with Crippen LogP contribution >= 0.6 is 0 Å². The average molecular weight is 311 g/mol. The maximum absolute atomic E-state index is 6.17. The lowest BCUT2D eigenvalue weighted by atomic mass is 10.2. The van der Waals surface area contributed by atoms with Crippen molar-refractivity contribution in [3.8, 4) is 5.88 Å². The van der Waals surface area contributed by atoms with E-state index in [0.717, 1.165) is 29.4 Å². The molecule has 0 radical (unpaired) electrons. The number of nitrogens with two attached hydrogens (primary N) is 1. The first-order chi connectivity index (χ1) is 9.46. The Kier molecular flexibility index (Phi) is 4.35. The highest BCUT2D eigenvalue weighted by Crippen LogP contribution is 2.30. The fourth-order valence-electron chi connectivity index (χ4n) is 2.66. The topological polar surface area (TPSA) is 52.5 Å². The van der Waals surface area contributed by atoms with E-state index in [1.54, 1.807) is 0 Å². The average Bonchev–Trinajstić information content (AvgIpc) is 2.93. The zero-order valence-corrected chi connectivity index (χ0v) is 13.7. The first kappa shape index (κ1) is 15.9. The molecule has 0 bridgehead atoms. The molecule has 2 heterocycles. The van der Waals surface area contributed by atoms with Gasteiger partial charge in [-0.3, -0.25) is 0 Å². The number of aromatic nitrogens is 2. The summed E-state index contributed by atoms with van der Waals surface area (Å²) in [6, 6.07) is 4.23. The second-order valence-electron chi connectivity index (χ2n) is 6.54. The van der Waals surface area contributed by atoms with Crippen LogP contribution in [0.4, 0.5) is 5.69 Å². The molecule has 0 aromatic carbocycles. The summed E-state index contributed by atoms with van der Waals surface area (Å²) in [4.78, 5) is 0. The van der Waals surface area contributed by atoms with Crippen LogP contribution in [-0.2, 0) is 12.8 Å². The molecule has 2 aromatic rings. The smallest absolute Gasteiger partial charge is 0.257 e. The Hall–Kier alpha value is -1.46. The second-order valence-corrected chi connectivity index (χ2v) is 6.54. The lowest BCUT2D eigenvalue weighted by Gasteiger charge is -2.23. The summed E-state index contributed by atoms with van der Waals surface area (Å²) >= 11 is 0. The number of nitrogen functional groups attached to an aromatic ring is 1. The molecule has 5 nitrogen and oxygen atoms in total. The van der Waals surface area contributed by atoms with Gasteiger partial charge >= 0.3 is 0 Å². The summed E-state index contributed by atoms with van der Waals surface area (Å²) in [5.74, 6) is 0.568. The fourth-order valence-corrected chi connectivity index (χ4v) is 2.66. The Balaban J connectivity index is 0.00000161. The summed E-state index contributed by atoms with van der Waals surface area (Å²) in [5, 5.41) is 4.57. The van der Waals surface area contributed by atoms with Crippen LogP contribution in [0, 0.1) is 0 Å². The standard InChI is InChI=1S/C15H23N4O.ClH/c1-19(2,3)9-10-20-15-14(16)13-8-7-11-5-4-6-12(11)18(13)17-15;/h7-8H,4-6,9-10,16H2,1-3H3;1H/q+1;/p-1. The first-order valence-electron chi connectivity index (χ1n) is 7.18. The minimum atomic E-state index is 0. The van der Waals surface area contributed by atoms with Crippen molar-refractivity contribution in [2.45, 2.75) is 19.3 Å². The molecule has 3 rings (SSSR count). The molecular weight excluding hydrogens is 288 g/mol. The molecule has 0 amide bonds. The van der Waals surface area contributed by atoms with Gasteiger partial charge in [-0.2, -0.15) is 0 Å². The molecule has 2 aromatic heterocycles. The third kappa shape index (κ3) is 3.09. The van der Waals surface area contributed by atoms with Gasteiger partial charge in [0.25, 0.3) is 5.88 Å². The van der Waals surface area contributed by atoms with Crippen molar-refractivity contribution < 1.29 is 21.6 Å². The van der Waals surface area contributed by atoms with E-state index in [1.165, 1.54) is 17.7 Å². The number of aryl methyl sites for hydroxylation is 2. The first-order valence-corrected chi connectivity index (χ1v) is 7.18. The Bertz CT molecular complexity index is 645. The van der Waals surface area contributed by atoms with Gasteiger partial charge in [-0.1, -0.05) is 6.07 Å². The Labute approximate surface area is 131 Å². The van der Waals surface area contributed by atoms with Crippen LogP contribution in [0.1, 0.15) is 17.7 Å². The van der Waals surface area contributed by atoms with E-state index in [4.69, 9.17) is 10.5 Å². The molecule has 0 spiro atoms. The number of anilines is 1. The van der Waals surface area contributed by atoms with Gasteiger partial charge in [0.05, 0.1) is 26.7 Å². The summed E-state index contributed by atoms with van der Waals surface area (Å²) < 4.78 is 8.62. The number of halogens is 1. The molecule has 0 unspecified atom stereocenters. The zero-order chi connectivity index (χ0) is 14.3. The number of quaternary nitrogens is 1. The minimum absolute atomic E-state index is 0. The van der Waals surface area contributed by atoms with Crippen LogP contribution in [0.2, 0.25) is 0 Å². The monoisotopic (exact) mass is 310 g/mol. The van der Waals surface area contributed by atoms with Crippen molar-refractivity contribution in [2.75, 3.05) is 40.0 Å². The summed E-state index contributed by atoms with van der Waals surface area (Å²) in [6.07, 6.45) is 3.42. The molecule has 1 aliphatic carbocycles. The molecule has 0 aliphatic heterocycles. The normalized spacial score (nSPS) is 14.0. The molecule has 0 fully saturated rings. The molecule has 1 aliphatic rings. The largest absolute Gasteiger partial charge is 1.00 e. The highest BCUT2D eigenvalue weighted by molar-refractivity contribution is 5.75. The van der Waals surface area contributed by atoms with Gasteiger partial charge in [-0.25, -0.2) is 4.52 Å². The van der Waals surface area contributed by atoms with Gasteiger partial charge in [0, 0.05) is 5.69 Å². The minimum Gasteiger partial charge on any atom is -1.00 e. The van der Waals surface area contributed by atoms with Crippen LogP contribution in [-0.4, -0.2) is 48.4 Å². The maximum Gasteiger partial charge on any atom is 0.257 e. The molecular formula is C15H23ClN4O. The molecule has 116 valence electrons.